The first kappa shape index (κ1) is 21.5. The van der Waals surface area contributed by atoms with Gasteiger partial charge in [-0.1, -0.05) is 32.6 Å². The maximum atomic E-state index is 14.1. The average molecular weight is 425 g/mol. The van der Waals surface area contributed by atoms with E-state index in [-0.39, 0.29) is 11.5 Å². The Balaban J connectivity index is 1.60. The summed E-state index contributed by atoms with van der Waals surface area (Å²) in [7, 11) is 0. The van der Waals surface area contributed by atoms with Gasteiger partial charge in [-0.2, -0.15) is 0 Å². The van der Waals surface area contributed by atoms with E-state index >= 15 is 0 Å². The van der Waals surface area contributed by atoms with E-state index in [0.29, 0.717) is 12.1 Å². The van der Waals surface area contributed by atoms with Crippen LogP contribution in [-0.4, -0.2) is 28.5 Å². The van der Waals surface area contributed by atoms with E-state index in [4.69, 9.17) is 0 Å². The number of fused-ring (bicyclic) bond motifs is 1. The molecule has 2 aliphatic heterocycles. The number of nitrogens with one attached hydrogen (secondary N) is 1. The van der Waals surface area contributed by atoms with Gasteiger partial charge in [-0.15, -0.1) is 0 Å². The van der Waals surface area contributed by atoms with Gasteiger partial charge in [0.25, 0.3) is 0 Å². The van der Waals surface area contributed by atoms with E-state index in [0.717, 1.165) is 49.2 Å². The van der Waals surface area contributed by atoms with Crippen LogP contribution in [0.25, 0.3) is 0 Å². The zero-order chi connectivity index (χ0) is 22.2. The minimum Gasteiger partial charge on any atom is -0.371 e. The average Bonchev–Trinajstić information content (AvgIpc) is 2.75. The first-order valence-corrected chi connectivity index (χ1v) is 10.9. The molecule has 0 atom stereocenters. The molecule has 1 aromatic carbocycles. The van der Waals surface area contributed by atoms with Crippen molar-refractivity contribution in [2.45, 2.75) is 45.7 Å². The molecule has 1 spiro atoms. The third-order valence-corrected chi connectivity index (χ3v) is 6.45. The normalized spacial score (nSPS) is 19.5. The zero-order valence-corrected chi connectivity index (χ0v) is 18.5. The SMILES string of the molecule is C=C(C(C)C)N1/C(=C\C)C2(CCN(Cc3ccc(F)cc3F)CC2)Nc2cccnc21. The van der Waals surface area contributed by atoms with Crippen molar-refractivity contribution >= 4 is 11.5 Å². The van der Waals surface area contributed by atoms with E-state index in [9.17, 15) is 8.78 Å². The first-order chi connectivity index (χ1) is 14.8. The molecular weight excluding hydrogens is 394 g/mol. The highest BCUT2D eigenvalue weighted by Crippen LogP contribution is 2.46. The summed E-state index contributed by atoms with van der Waals surface area (Å²) in [6.07, 6.45) is 5.71. The maximum absolute atomic E-state index is 14.1. The Kier molecular flexibility index (Phi) is 5.84. The summed E-state index contributed by atoms with van der Waals surface area (Å²) in [5.74, 6) is 0.141. The van der Waals surface area contributed by atoms with Gasteiger partial charge in [-0.3, -0.25) is 9.80 Å². The summed E-state index contributed by atoms with van der Waals surface area (Å²) in [6.45, 7) is 12.8. The fourth-order valence-corrected chi connectivity index (χ4v) is 4.64. The highest BCUT2D eigenvalue weighted by Gasteiger charge is 2.45. The molecule has 0 radical (unpaired) electrons. The highest BCUT2D eigenvalue weighted by atomic mass is 19.1. The number of aromatic nitrogens is 1. The summed E-state index contributed by atoms with van der Waals surface area (Å²) in [6, 6.07) is 7.84. The number of hydrogen-bond donors (Lipinski definition) is 1. The molecule has 1 saturated heterocycles. The Labute approximate surface area is 183 Å². The second-order valence-corrected chi connectivity index (χ2v) is 8.75. The molecule has 1 aromatic heterocycles. The minimum atomic E-state index is -0.541. The largest absolute Gasteiger partial charge is 0.371 e. The number of anilines is 2. The summed E-state index contributed by atoms with van der Waals surface area (Å²) < 4.78 is 27.4. The second kappa shape index (κ2) is 8.42. The molecular formula is C25H30F2N4. The molecule has 0 aliphatic carbocycles. The zero-order valence-electron chi connectivity index (χ0n) is 18.5. The number of halogens is 2. The number of piperidine rings is 1. The molecule has 1 fully saturated rings. The van der Waals surface area contributed by atoms with Gasteiger partial charge in [-0.25, -0.2) is 13.8 Å². The number of allylic oxidation sites excluding steroid dienone is 2. The van der Waals surface area contributed by atoms with Crippen LogP contribution in [0.2, 0.25) is 0 Å². The summed E-state index contributed by atoms with van der Waals surface area (Å²) in [4.78, 5) is 9.09. The Morgan fingerprint density at radius 3 is 2.65 bits per heavy atom. The van der Waals surface area contributed by atoms with Crippen LogP contribution in [0.5, 0.6) is 0 Å². The monoisotopic (exact) mass is 424 g/mol. The third kappa shape index (κ3) is 3.97. The smallest absolute Gasteiger partial charge is 0.160 e. The molecule has 0 amide bonds. The number of pyridine rings is 1. The standard InChI is InChI=1S/C25H30F2N4/c1-5-23-25(29-22-7-6-12-28-24(22)31(23)18(4)17(2)3)10-13-30(14-11-25)16-19-8-9-20(26)15-21(19)27/h5-9,12,15,17,29H,4,10-11,13-14,16H2,1-3H3/b23-5-. The van der Waals surface area contributed by atoms with Crippen molar-refractivity contribution in [1.82, 2.24) is 9.88 Å². The quantitative estimate of drug-likeness (QED) is 0.682. The van der Waals surface area contributed by atoms with Crippen molar-refractivity contribution in [1.29, 1.82) is 0 Å². The Morgan fingerprint density at radius 1 is 1.26 bits per heavy atom. The first-order valence-electron chi connectivity index (χ1n) is 10.9. The van der Waals surface area contributed by atoms with Crippen molar-refractivity contribution in [2.75, 3.05) is 23.3 Å². The lowest BCUT2D eigenvalue weighted by Crippen LogP contribution is -2.56. The lowest BCUT2D eigenvalue weighted by molar-refractivity contribution is 0.178. The van der Waals surface area contributed by atoms with Gasteiger partial charge in [0.15, 0.2) is 5.82 Å². The van der Waals surface area contributed by atoms with Gasteiger partial charge < -0.3 is 5.32 Å². The summed E-state index contributed by atoms with van der Waals surface area (Å²) >= 11 is 0. The van der Waals surface area contributed by atoms with Crippen LogP contribution in [0.3, 0.4) is 0 Å². The summed E-state index contributed by atoms with van der Waals surface area (Å²) in [5, 5.41) is 3.78. The van der Waals surface area contributed by atoms with E-state index in [2.05, 4.69) is 59.6 Å². The van der Waals surface area contributed by atoms with Gasteiger partial charge in [-0.05, 0) is 43.9 Å². The van der Waals surface area contributed by atoms with Crippen LogP contribution in [0.4, 0.5) is 20.3 Å². The van der Waals surface area contributed by atoms with Gasteiger partial charge in [0, 0.05) is 48.9 Å². The molecule has 0 unspecified atom stereocenters. The van der Waals surface area contributed by atoms with Crippen molar-refractivity contribution in [3.8, 4) is 0 Å². The van der Waals surface area contributed by atoms with E-state index in [1.54, 1.807) is 6.07 Å². The molecule has 2 aliphatic rings. The lowest BCUT2D eigenvalue weighted by atomic mass is 9.80. The molecule has 0 saturated carbocycles. The fraction of sp³-hybridized carbons (Fsp3) is 0.400. The van der Waals surface area contributed by atoms with Crippen LogP contribution < -0.4 is 10.2 Å². The van der Waals surface area contributed by atoms with Crippen molar-refractivity contribution in [3.63, 3.8) is 0 Å². The Bertz CT molecular complexity index is 1010. The van der Waals surface area contributed by atoms with Crippen LogP contribution in [0.15, 0.2) is 60.6 Å². The predicted molar refractivity (Wildman–Crippen MR) is 122 cm³/mol. The molecule has 2 aromatic rings. The third-order valence-electron chi connectivity index (χ3n) is 6.45. The highest BCUT2D eigenvalue weighted by molar-refractivity contribution is 5.77. The fourth-order valence-electron chi connectivity index (χ4n) is 4.64. The predicted octanol–water partition coefficient (Wildman–Crippen LogP) is 5.70. The summed E-state index contributed by atoms with van der Waals surface area (Å²) in [5.41, 5.74) is 3.49. The Hall–Kier alpha value is -2.73. The van der Waals surface area contributed by atoms with Crippen molar-refractivity contribution < 1.29 is 8.78 Å². The van der Waals surface area contributed by atoms with Gasteiger partial charge >= 0.3 is 0 Å². The molecule has 6 heteroatoms. The molecule has 4 nitrogen and oxygen atoms in total. The molecule has 31 heavy (non-hydrogen) atoms. The van der Waals surface area contributed by atoms with E-state index in [1.807, 2.05) is 12.3 Å². The van der Waals surface area contributed by atoms with Gasteiger partial charge in [0.2, 0.25) is 0 Å². The number of rotatable bonds is 4. The number of likely N-dealkylation sites (tertiary alicyclic amines) is 1. The van der Waals surface area contributed by atoms with Crippen LogP contribution in [0, 0.1) is 17.6 Å². The lowest BCUT2D eigenvalue weighted by Gasteiger charge is -2.51. The van der Waals surface area contributed by atoms with Crippen LogP contribution in [-0.2, 0) is 6.54 Å². The van der Waals surface area contributed by atoms with E-state index in [1.165, 1.54) is 11.8 Å². The van der Waals surface area contributed by atoms with Crippen LogP contribution in [0.1, 0.15) is 39.2 Å². The topological polar surface area (TPSA) is 31.4 Å². The second-order valence-electron chi connectivity index (χ2n) is 8.75. The van der Waals surface area contributed by atoms with Gasteiger partial charge in [0.05, 0.1) is 11.2 Å². The molecule has 4 rings (SSSR count). The number of nitrogens with zero attached hydrogens (tertiary/aromatic N) is 3. The molecule has 3 heterocycles. The van der Waals surface area contributed by atoms with Crippen LogP contribution >= 0.6 is 0 Å². The van der Waals surface area contributed by atoms with E-state index < -0.39 is 11.6 Å². The van der Waals surface area contributed by atoms with Crippen molar-refractivity contribution in [3.05, 3.63) is 77.8 Å². The molecule has 1 N–H and O–H groups in total. The Morgan fingerprint density at radius 2 is 2.00 bits per heavy atom. The number of hydrogen-bond acceptors (Lipinski definition) is 4. The maximum Gasteiger partial charge on any atom is 0.160 e. The van der Waals surface area contributed by atoms with Crippen molar-refractivity contribution in [2.24, 2.45) is 5.92 Å². The van der Waals surface area contributed by atoms with Gasteiger partial charge in [0.1, 0.15) is 11.6 Å². The number of benzene rings is 1. The minimum absolute atomic E-state index is 0.236. The molecule has 164 valence electrons. The molecule has 0 bridgehead atoms.